The number of anilines is 1. The highest BCUT2D eigenvalue weighted by Gasteiger charge is 2.16. The number of hydrogen-bond donors (Lipinski definition) is 2. The first kappa shape index (κ1) is 18.5. The Morgan fingerprint density at radius 1 is 1.12 bits per heavy atom. The maximum absolute atomic E-state index is 12.3. The molecule has 5 nitrogen and oxygen atoms in total. The molecule has 0 saturated carbocycles. The monoisotopic (exact) mass is 364 g/mol. The van der Waals surface area contributed by atoms with Crippen molar-refractivity contribution in [2.24, 2.45) is 0 Å². The van der Waals surface area contributed by atoms with Crippen LogP contribution in [0.5, 0.6) is 0 Å². The van der Waals surface area contributed by atoms with Gasteiger partial charge in [-0.3, -0.25) is 4.79 Å². The Morgan fingerprint density at radius 2 is 1.79 bits per heavy atom. The minimum atomic E-state index is -3.57. The third-order valence-corrected chi connectivity index (χ3v) is 5.71. The second-order valence-electron chi connectivity index (χ2n) is 5.27. The zero-order valence-corrected chi connectivity index (χ0v) is 15.4. The summed E-state index contributed by atoms with van der Waals surface area (Å²) in [6, 6.07) is 12.2. The molecule has 2 aromatic carbocycles. The minimum absolute atomic E-state index is 0.151. The smallest absolute Gasteiger partial charge is 0.255 e. The van der Waals surface area contributed by atoms with Gasteiger partial charge in [0.1, 0.15) is 0 Å². The fraction of sp³-hybridized carbons (Fsp3) is 0.235. The summed E-state index contributed by atoms with van der Waals surface area (Å²) in [5, 5.41) is 2.74. The maximum Gasteiger partial charge on any atom is 0.255 e. The van der Waals surface area contributed by atoms with Gasteiger partial charge in [-0.05, 0) is 55.6 Å². The van der Waals surface area contributed by atoms with E-state index in [1.807, 2.05) is 18.4 Å². The van der Waals surface area contributed by atoms with Crippen LogP contribution in [-0.2, 0) is 15.8 Å². The Labute approximate surface area is 146 Å². The maximum atomic E-state index is 12.3. The fourth-order valence-electron chi connectivity index (χ4n) is 2.20. The number of rotatable bonds is 6. The van der Waals surface area contributed by atoms with E-state index >= 15 is 0 Å². The first-order chi connectivity index (χ1) is 11.4. The second kappa shape index (κ2) is 7.83. The first-order valence-electron chi connectivity index (χ1n) is 7.31. The summed E-state index contributed by atoms with van der Waals surface area (Å²) in [6.45, 7) is 1.71. The van der Waals surface area contributed by atoms with E-state index in [1.165, 1.54) is 13.1 Å². The Balaban J connectivity index is 2.21. The first-order valence-corrected chi connectivity index (χ1v) is 10.2. The van der Waals surface area contributed by atoms with Gasteiger partial charge in [0.2, 0.25) is 10.0 Å². The standard InChI is InChI=1S/C17H20N2O3S2/c1-12-4-9-15(10-16(12)24(21,22)18-2)19-17(20)14-7-5-13(6-8-14)11-23-3/h4-10,18H,11H2,1-3H3,(H,19,20). The van der Waals surface area contributed by atoms with Crippen molar-refractivity contribution in [2.75, 3.05) is 18.6 Å². The molecule has 0 bridgehead atoms. The van der Waals surface area contributed by atoms with Gasteiger partial charge < -0.3 is 5.32 Å². The molecule has 1 amide bonds. The van der Waals surface area contributed by atoms with E-state index in [4.69, 9.17) is 0 Å². The SMILES string of the molecule is CNS(=O)(=O)c1cc(NC(=O)c2ccc(CSC)cc2)ccc1C. The summed E-state index contributed by atoms with van der Waals surface area (Å²) in [4.78, 5) is 12.5. The van der Waals surface area contributed by atoms with Gasteiger partial charge in [0, 0.05) is 17.0 Å². The number of hydrogen-bond acceptors (Lipinski definition) is 4. The summed E-state index contributed by atoms with van der Waals surface area (Å²) >= 11 is 1.72. The molecule has 128 valence electrons. The Kier molecular flexibility index (Phi) is 6.04. The number of sulfonamides is 1. The fourth-order valence-corrected chi connectivity index (χ4v) is 3.72. The average Bonchev–Trinajstić information content (AvgIpc) is 2.57. The van der Waals surface area contributed by atoms with Gasteiger partial charge in [-0.2, -0.15) is 11.8 Å². The second-order valence-corrected chi connectivity index (χ2v) is 7.99. The molecule has 2 N–H and O–H groups in total. The number of aryl methyl sites for hydroxylation is 1. The third kappa shape index (κ3) is 4.37. The van der Waals surface area contributed by atoms with Crippen LogP contribution in [0.4, 0.5) is 5.69 Å². The number of thioether (sulfide) groups is 1. The van der Waals surface area contributed by atoms with Gasteiger partial charge in [-0.1, -0.05) is 18.2 Å². The zero-order chi connectivity index (χ0) is 17.7. The predicted octanol–water partition coefficient (Wildman–Crippen LogP) is 3.02. The lowest BCUT2D eigenvalue weighted by Crippen LogP contribution is -2.20. The van der Waals surface area contributed by atoms with Crippen LogP contribution in [0, 0.1) is 6.92 Å². The Hall–Kier alpha value is -1.83. The van der Waals surface area contributed by atoms with E-state index in [2.05, 4.69) is 10.0 Å². The van der Waals surface area contributed by atoms with Crippen LogP contribution in [0.25, 0.3) is 0 Å². The summed E-state index contributed by atoms with van der Waals surface area (Å²) in [7, 11) is -2.21. The molecule has 0 radical (unpaired) electrons. The third-order valence-electron chi connectivity index (χ3n) is 3.53. The van der Waals surface area contributed by atoms with Crippen LogP contribution < -0.4 is 10.0 Å². The van der Waals surface area contributed by atoms with Crippen molar-refractivity contribution in [3.63, 3.8) is 0 Å². The molecule has 0 aromatic heterocycles. The highest BCUT2D eigenvalue weighted by Crippen LogP contribution is 2.20. The van der Waals surface area contributed by atoms with Crippen molar-refractivity contribution in [3.8, 4) is 0 Å². The highest BCUT2D eigenvalue weighted by atomic mass is 32.2. The van der Waals surface area contributed by atoms with Crippen molar-refractivity contribution in [2.45, 2.75) is 17.6 Å². The molecule has 0 aliphatic heterocycles. The van der Waals surface area contributed by atoms with Gasteiger partial charge in [0.25, 0.3) is 5.91 Å². The number of nitrogens with one attached hydrogen (secondary N) is 2. The number of benzene rings is 2. The Morgan fingerprint density at radius 3 is 2.38 bits per heavy atom. The van der Waals surface area contributed by atoms with E-state index < -0.39 is 10.0 Å². The van der Waals surface area contributed by atoms with Crippen LogP contribution in [-0.4, -0.2) is 27.6 Å². The molecule has 0 aliphatic rings. The van der Waals surface area contributed by atoms with Crippen LogP contribution in [0.2, 0.25) is 0 Å². The molecule has 0 aliphatic carbocycles. The number of carbonyl (C=O) groups excluding carboxylic acids is 1. The minimum Gasteiger partial charge on any atom is -0.322 e. The quantitative estimate of drug-likeness (QED) is 0.826. The van der Waals surface area contributed by atoms with Gasteiger partial charge in [-0.15, -0.1) is 0 Å². The molecule has 0 saturated heterocycles. The lowest BCUT2D eigenvalue weighted by Gasteiger charge is -2.10. The molecule has 0 atom stereocenters. The predicted molar refractivity (Wildman–Crippen MR) is 99.0 cm³/mol. The van der Waals surface area contributed by atoms with Crippen molar-refractivity contribution in [1.82, 2.24) is 4.72 Å². The van der Waals surface area contributed by atoms with Gasteiger partial charge in [0.15, 0.2) is 0 Å². The number of amides is 1. The number of carbonyl (C=O) groups is 1. The molecule has 7 heteroatoms. The molecule has 2 aromatic rings. The van der Waals surface area contributed by atoms with Crippen molar-refractivity contribution in [3.05, 3.63) is 59.2 Å². The molecule has 24 heavy (non-hydrogen) atoms. The van der Waals surface area contributed by atoms with Gasteiger partial charge in [-0.25, -0.2) is 13.1 Å². The van der Waals surface area contributed by atoms with Gasteiger partial charge >= 0.3 is 0 Å². The summed E-state index contributed by atoms with van der Waals surface area (Å²) in [5.74, 6) is 0.618. The topological polar surface area (TPSA) is 75.3 Å². The molecule has 2 rings (SSSR count). The molecule has 0 heterocycles. The van der Waals surface area contributed by atoms with Crippen molar-refractivity contribution >= 4 is 33.4 Å². The molecule has 0 spiro atoms. The average molecular weight is 364 g/mol. The lowest BCUT2D eigenvalue weighted by molar-refractivity contribution is 0.102. The molecule has 0 fully saturated rings. The van der Waals surface area contributed by atoms with E-state index in [0.717, 1.165) is 11.3 Å². The van der Waals surface area contributed by atoms with E-state index in [-0.39, 0.29) is 10.8 Å². The summed E-state index contributed by atoms with van der Waals surface area (Å²) in [5.41, 5.74) is 2.73. The van der Waals surface area contributed by atoms with E-state index in [1.54, 1.807) is 43.0 Å². The highest BCUT2D eigenvalue weighted by molar-refractivity contribution is 7.97. The van der Waals surface area contributed by atoms with E-state index in [9.17, 15) is 13.2 Å². The van der Waals surface area contributed by atoms with Crippen LogP contribution in [0.15, 0.2) is 47.4 Å². The lowest BCUT2D eigenvalue weighted by atomic mass is 10.1. The van der Waals surface area contributed by atoms with Crippen LogP contribution in [0.3, 0.4) is 0 Å². The van der Waals surface area contributed by atoms with Crippen molar-refractivity contribution < 1.29 is 13.2 Å². The zero-order valence-electron chi connectivity index (χ0n) is 13.8. The summed E-state index contributed by atoms with van der Waals surface area (Å²) in [6.07, 6.45) is 2.02. The largest absolute Gasteiger partial charge is 0.322 e. The van der Waals surface area contributed by atoms with E-state index in [0.29, 0.717) is 16.8 Å². The van der Waals surface area contributed by atoms with Crippen molar-refractivity contribution in [1.29, 1.82) is 0 Å². The van der Waals surface area contributed by atoms with Crippen LogP contribution in [0.1, 0.15) is 21.5 Å². The van der Waals surface area contributed by atoms with Gasteiger partial charge in [0.05, 0.1) is 4.90 Å². The molecule has 0 unspecified atom stereocenters. The van der Waals surface area contributed by atoms with Crippen LogP contribution >= 0.6 is 11.8 Å². The normalized spacial score (nSPS) is 11.3. The summed E-state index contributed by atoms with van der Waals surface area (Å²) < 4.78 is 26.3. The molecular weight excluding hydrogens is 344 g/mol. The molecular formula is C17H20N2O3S2. The Bertz CT molecular complexity index is 831.